The number of nitrogens with one attached hydrogen (secondary N) is 2. The maximum Gasteiger partial charge on any atom is 0.263 e. The fraction of sp³-hybridized carbons (Fsp3) is 0.692. The molecule has 0 radical (unpaired) electrons. The molecule has 0 bridgehead atoms. The zero-order valence-electron chi connectivity index (χ0n) is 11.6. The van der Waals surface area contributed by atoms with Crippen molar-refractivity contribution in [3.63, 3.8) is 0 Å². The smallest absolute Gasteiger partial charge is 0.263 e. The molecule has 0 aliphatic rings. The summed E-state index contributed by atoms with van der Waals surface area (Å²) in [4.78, 5) is 13.7. The Morgan fingerprint density at radius 2 is 2.06 bits per heavy atom. The molecule has 0 atom stereocenters. The minimum Gasteiger partial charge on any atom is -0.390 e. The Bertz CT molecular complexity index is 305. The van der Waals surface area contributed by atoms with Crippen LogP contribution in [0.25, 0.3) is 0 Å². The fourth-order valence-corrected chi connectivity index (χ4v) is 1.29. The van der Waals surface area contributed by atoms with E-state index in [1.165, 1.54) is 6.20 Å². The lowest BCUT2D eigenvalue weighted by atomic mass is 10.2. The van der Waals surface area contributed by atoms with Crippen molar-refractivity contribution in [2.75, 3.05) is 33.7 Å². The molecule has 0 aliphatic heterocycles. The van der Waals surface area contributed by atoms with Gasteiger partial charge in [0.15, 0.2) is 0 Å². The van der Waals surface area contributed by atoms with Crippen LogP contribution in [0, 0.1) is 11.3 Å². The molecule has 18 heavy (non-hydrogen) atoms. The normalized spacial score (nSPS) is 11.2. The van der Waals surface area contributed by atoms with Crippen molar-refractivity contribution in [1.29, 1.82) is 5.26 Å². The molecule has 0 spiro atoms. The molecule has 5 heteroatoms. The third-order valence-electron chi connectivity index (χ3n) is 2.35. The summed E-state index contributed by atoms with van der Waals surface area (Å²) in [5.41, 5.74) is 0.135. The molecule has 0 saturated heterocycles. The van der Waals surface area contributed by atoms with Gasteiger partial charge in [-0.2, -0.15) is 5.26 Å². The lowest BCUT2D eigenvalue weighted by Gasteiger charge is -2.08. The maximum atomic E-state index is 11.6. The summed E-state index contributed by atoms with van der Waals surface area (Å²) in [5, 5.41) is 14.6. The van der Waals surface area contributed by atoms with Crippen molar-refractivity contribution in [1.82, 2.24) is 15.5 Å². The van der Waals surface area contributed by atoms with Crippen molar-refractivity contribution >= 4 is 5.91 Å². The lowest BCUT2D eigenvalue weighted by Crippen LogP contribution is -2.27. The standard InChI is InChI=1S/C13H24N4O/c1-4-5-8-16-13(18)12(10-14)11-15-7-6-9-17(2)3/h11,15H,4-9H2,1-3H3,(H,16,18)/b12-11-. The highest BCUT2D eigenvalue weighted by molar-refractivity contribution is 5.97. The van der Waals surface area contributed by atoms with Gasteiger partial charge in [0.25, 0.3) is 5.91 Å². The molecule has 2 N–H and O–H groups in total. The lowest BCUT2D eigenvalue weighted by molar-refractivity contribution is -0.117. The summed E-state index contributed by atoms with van der Waals surface area (Å²) in [6.45, 7) is 4.41. The Balaban J connectivity index is 3.92. The SMILES string of the molecule is CCCCNC(=O)/C(C#N)=C\NCCCN(C)C. The van der Waals surface area contributed by atoms with Crippen LogP contribution in [0.1, 0.15) is 26.2 Å². The number of rotatable bonds is 9. The van der Waals surface area contributed by atoms with E-state index in [1.807, 2.05) is 20.2 Å². The minimum absolute atomic E-state index is 0.135. The van der Waals surface area contributed by atoms with Crippen LogP contribution in [0.5, 0.6) is 0 Å². The number of hydrogen-bond donors (Lipinski definition) is 2. The first-order valence-corrected chi connectivity index (χ1v) is 6.38. The zero-order chi connectivity index (χ0) is 13.8. The van der Waals surface area contributed by atoms with Crippen LogP contribution >= 0.6 is 0 Å². The molecule has 102 valence electrons. The summed E-state index contributed by atoms with van der Waals surface area (Å²) in [6.07, 6.45) is 4.42. The van der Waals surface area contributed by atoms with E-state index in [0.717, 1.165) is 32.4 Å². The second kappa shape index (κ2) is 10.6. The van der Waals surface area contributed by atoms with Crippen LogP contribution in [0.4, 0.5) is 0 Å². The highest BCUT2D eigenvalue weighted by Gasteiger charge is 2.06. The van der Waals surface area contributed by atoms with Crippen LogP contribution in [0.2, 0.25) is 0 Å². The van der Waals surface area contributed by atoms with Crippen molar-refractivity contribution in [3.8, 4) is 6.07 Å². The first kappa shape index (κ1) is 16.5. The van der Waals surface area contributed by atoms with E-state index in [1.54, 1.807) is 0 Å². The number of nitrogens with zero attached hydrogens (tertiary/aromatic N) is 2. The van der Waals surface area contributed by atoms with Gasteiger partial charge in [0.2, 0.25) is 0 Å². The van der Waals surface area contributed by atoms with Crippen molar-refractivity contribution < 1.29 is 4.79 Å². The molecular weight excluding hydrogens is 228 g/mol. The Hall–Kier alpha value is -1.54. The number of unbranched alkanes of at least 4 members (excludes halogenated alkanes) is 1. The minimum atomic E-state index is -0.300. The monoisotopic (exact) mass is 252 g/mol. The molecule has 0 aromatic heterocycles. The van der Waals surface area contributed by atoms with Gasteiger partial charge >= 0.3 is 0 Å². The van der Waals surface area contributed by atoms with Gasteiger partial charge in [-0.05, 0) is 33.5 Å². The van der Waals surface area contributed by atoms with Crippen LogP contribution < -0.4 is 10.6 Å². The molecule has 0 aromatic carbocycles. The average Bonchev–Trinajstić information content (AvgIpc) is 2.33. The van der Waals surface area contributed by atoms with E-state index in [4.69, 9.17) is 5.26 Å². The first-order chi connectivity index (χ1) is 8.61. The predicted molar refractivity (Wildman–Crippen MR) is 72.8 cm³/mol. The van der Waals surface area contributed by atoms with Gasteiger partial charge in [-0.3, -0.25) is 4.79 Å². The van der Waals surface area contributed by atoms with Crippen molar-refractivity contribution in [2.45, 2.75) is 26.2 Å². The zero-order valence-corrected chi connectivity index (χ0v) is 11.6. The Morgan fingerprint density at radius 1 is 1.33 bits per heavy atom. The molecule has 0 rings (SSSR count). The molecule has 0 aliphatic carbocycles. The number of carbonyl (C=O) groups excluding carboxylic acids is 1. The highest BCUT2D eigenvalue weighted by atomic mass is 16.1. The third kappa shape index (κ3) is 8.59. The molecule has 0 fully saturated rings. The summed E-state index contributed by atoms with van der Waals surface area (Å²) in [5.74, 6) is -0.300. The van der Waals surface area contributed by atoms with E-state index in [0.29, 0.717) is 6.54 Å². The van der Waals surface area contributed by atoms with Crippen LogP contribution in [0.15, 0.2) is 11.8 Å². The van der Waals surface area contributed by atoms with Gasteiger partial charge in [0, 0.05) is 19.3 Å². The summed E-state index contributed by atoms with van der Waals surface area (Å²) < 4.78 is 0. The second-order valence-corrected chi connectivity index (χ2v) is 4.39. The fourth-order valence-electron chi connectivity index (χ4n) is 1.29. The topological polar surface area (TPSA) is 68.2 Å². The molecule has 0 unspecified atom stereocenters. The van der Waals surface area contributed by atoms with Crippen molar-refractivity contribution in [2.24, 2.45) is 0 Å². The number of nitriles is 1. The maximum absolute atomic E-state index is 11.6. The number of amides is 1. The predicted octanol–water partition coefficient (Wildman–Crippen LogP) is 0.851. The molecule has 5 nitrogen and oxygen atoms in total. The van der Waals surface area contributed by atoms with Crippen LogP contribution in [0.3, 0.4) is 0 Å². The van der Waals surface area contributed by atoms with Gasteiger partial charge in [-0.1, -0.05) is 13.3 Å². The van der Waals surface area contributed by atoms with E-state index >= 15 is 0 Å². The van der Waals surface area contributed by atoms with Gasteiger partial charge in [0.05, 0.1) is 0 Å². The number of carbonyl (C=O) groups is 1. The van der Waals surface area contributed by atoms with Gasteiger partial charge in [-0.25, -0.2) is 0 Å². The molecule has 0 saturated carbocycles. The molecule has 1 amide bonds. The quantitative estimate of drug-likeness (QED) is 0.363. The Kier molecular flexibility index (Phi) is 9.70. The van der Waals surface area contributed by atoms with Gasteiger partial charge in [-0.15, -0.1) is 0 Å². The summed E-state index contributed by atoms with van der Waals surface area (Å²) in [6, 6.07) is 1.90. The molecule has 0 heterocycles. The van der Waals surface area contributed by atoms with Crippen molar-refractivity contribution in [3.05, 3.63) is 11.8 Å². The van der Waals surface area contributed by atoms with Gasteiger partial charge in [0.1, 0.15) is 11.6 Å². The molecule has 0 aromatic rings. The van der Waals surface area contributed by atoms with Crippen LogP contribution in [-0.4, -0.2) is 44.5 Å². The third-order valence-corrected chi connectivity index (χ3v) is 2.35. The summed E-state index contributed by atoms with van der Waals surface area (Å²) >= 11 is 0. The molecular formula is C13H24N4O. The average molecular weight is 252 g/mol. The van der Waals surface area contributed by atoms with Crippen LogP contribution in [-0.2, 0) is 4.79 Å². The largest absolute Gasteiger partial charge is 0.390 e. The second-order valence-electron chi connectivity index (χ2n) is 4.39. The van der Waals surface area contributed by atoms with E-state index in [2.05, 4.69) is 22.5 Å². The van der Waals surface area contributed by atoms with E-state index < -0.39 is 0 Å². The Morgan fingerprint density at radius 3 is 2.61 bits per heavy atom. The number of hydrogen-bond acceptors (Lipinski definition) is 4. The first-order valence-electron chi connectivity index (χ1n) is 6.38. The van der Waals surface area contributed by atoms with E-state index in [-0.39, 0.29) is 11.5 Å². The van der Waals surface area contributed by atoms with E-state index in [9.17, 15) is 4.79 Å². The van der Waals surface area contributed by atoms with Gasteiger partial charge < -0.3 is 15.5 Å². The highest BCUT2D eigenvalue weighted by Crippen LogP contribution is 1.92. The summed E-state index contributed by atoms with van der Waals surface area (Å²) in [7, 11) is 4.02. The Labute approximate surface area is 110 Å².